The highest BCUT2D eigenvalue weighted by molar-refractivity contribution is 7.92. The number of hydrogen-bond donors (Lipinski definition) is 2. The first-order valence-corrected chi connectivity index (χ1v) is 15.7. The van der Waals surface area contributed by atoms with Crippen LogP contribution in [0.2, 0.25) is 10.0 Å². The molecule has 0 radical (unpaired) electrons. The number of rotatable bonds is 8. The highest BCUT2D eigenvalue weighted by atomic mass is 35.5. The zero-order valence-corrected chi connectivity index (χ0v) is 23.7. The molecule has 8 nitrogen and oxygen atoms in total. The Morgan fingerprint density at radius 2 is 1.58 bits per heavy atom. The minimum atomic E-state index is -3.80. The first-order valence-electron chi connectivity index (χ1n) is 11.9. The van der Waals surface area contributed by atoms with Gasteiger partial charge < -0.3 is 5.32 Å². The SMILES string of the molecule is Cc1ccc(NS(=O)(=O)c2ccc(NC(=O)C3CCCN(S(=O)(=O)Cc4ccc(Cl)c(Cl)c4)C3)cc2)cc1. The lowest BCUT2D eigenvalue weighted by Crippen LogP contribution is -2.44. The van der Waals surface area contributed by atoms with Crippen LogP contribution in [0.4, 0.5) is 11.4 Å². The van der Waals surface area contributed by atoms with E-state index in [1.807, 2.05) is 6.92 Å². The maximum absolute atomic E-state index is 13.0. The number of nitrogens with one attached hydrogen (secondary N) is 2. The Bertz CT molecular complexity index is 1530. The normalized spacial score (nSPS) is 16.7. The number of carbonyl (C=O) groups is 1. The molecule has 3 aromatic carbocycles. The second kappa shape index (κ2) is 11.6. The van der Waals surface area contributed by atoms with Crippen molar-refractivity contribution < 1.29 is 21.6 Å². The van der Waals surface area contributed by atoms with Crippen molar-refractivity contribution in [3.8, 4) is 0 Å². The largest absolute Gasteiger partial charge is 0.326 e. The molecule has 1 aliphatic heterocycles. The highest BCUT2D eigenvalue weighted by Gasteiger charge is 2.32. The van der Waals surface area contributed by atoms with E-state index in [9.17, 15) is 21.6 Å². The standard InChI is InChI=1S/C26H27Cl2N3O5S2/c1-18-4-7-22(8-5-18)30-38(35,36)23-11-9-21(10-12-23)29-26(32)20-3-2-14-31(16-20)37(33,34)17-19-6-13-24(27)25(28)15-19/h4-13,15,20,30H,2-3,14,16-17H2,1H3,(H,29,32). The fourth-order valence-corrected chi connectivity index (χ4v) is 7.11. The molecule has 4 rings (SSSR count). The summed E-state index contributed by atoms with van der Waals surface area (Å²) < 4.78 is 55.3. The van der Waals surface area contributed by atoms with E-state index in [1.54, 1.807) is 36.4 Å². The molecule has 1 saturated heterocycles. The second-order valence-electron chi connectivity index (χ2n) is 9.19. The average Bonchev–Trinajstić information content (AvgIpc) is 2.88. The lowest BCUT2D eigenvalue weighted by atomic mass is 9.99. The van der Waals surface area contributed by atoms with Gasteiger partial charge in [0.15, 0.2) is 0 Å². The number of piperidine rings is 1. The van der Waals surface area contributed by atoms with Gasteiger partial charge in [-0.1, -0.05) is 47.0 Å². The van der Waals surface area contributed by atoms with E-state index in [1.165, 1.54) is 34.6 Å². The topological polar surface area (TPSA) is 113 Å². The molecular formula is C26H27Cl2N3O5S2. The van der Waals surface area contributed by atoms with Crippen LogP contribution in [-0.4, -0.2) is 40.1 Å². The predicted molar refractivity (Wildman–Crippen MR) is 150 cm³/mol. The summed E-state index contributed by atoms with van der Waals surface area (Å²) in [6.45, 7) is 2.29. The van der Waals surface area contributed by atoms with Gasteiger partial charge in [0.05, 0.1) is 26.6 Å². The van der Waals surface area contributed by atoms with Gasteiger partial charge in [0, 0.05) is 24.5 Å². The Balaban J connectivity index is 1.38. The van der Waals surface area contributed by atoms with Crippen molar-refractivity contribution in [1.29, 1.82) is 0 Å². The second-order valence-corrected chi connectivity index (χ2v) is 13.7. The van der Waals surface area contributed by atoms with E-state index in [4.69, 9.17) is 23.2 Å². The molecule has 1 heterocycles. The number of nitrogens with zero attached hydrogens (tertiary/aromatic N) is 1. The smallest absolute Gasteiger partial charge is 0.261 e. The highest BCUT2D eigenvalue weighted by Crippen LogP contribution is 2.27. The van der Waals surface area contributed by atoms with Gasteiger partial charge in [-0.2, -0.15) is 0 Å². The molecule has 12 heteroatoms. The van der Waals surface area contributed by atoms with Crippen molar-refractivity contribution in [2.75, 3.05) is 23.1 Å². The molecule has 1 amide bonds. The molecule has 1 unspecified atom stereocenters. The molecular weight excluding hydrogens is 569 g/mol. The van der Waals surface area contributed by atoms with Crippen LogP contribution in [0, 0.1) is 12.8 Å². The summed E-state index contributed by atoms with van der Waals surface area (Å²) in [5.41, 5.74) is 2.39. The molecule has 1 fully saturated rings. The van der Waals surface area contributed by atoms with E-state index in [2.05, 4.69) is 10.0 Å². The fraction of sp³-hybridized carbons (Fsp3) is 0.269. The monoisotopic (exact) mass is 595 g/mol. The van der Waals surface area contributed by atoms with E-state index >= 15 is 0 Å². The van der Waals surface area contributed by atoms with Crippen molar-refractivity contribution in [1.82, 2.24) is 4.31 Å². The zero-order chi connectivity index (χ0) is 27.5. The van der Waals surface area contributed by atoms with Gasteiger partial charge in [0.25, 0.3) is 10.0 Å². The van der Waals surface area contributed by atoms with Crippen LogP contribution in [0.3, 0.4) is 0 Å². The van der Waals surface area contributed by atoms with Crippen LogP contribution in [0.5, 0.6) is 0 Å². The Kier molecular flexibility index (Phi) is 8.68. The van der Waals surface area contributed by atoms with Crippen molar-refractivity contribution in [2.24, 2.45) is 5.92 Å². The van der Waals surface area contributed by atoms with Crippen LogP contribution in [0.1, 0.15) is 24.0 Å². The number of anilines is 2. The van der Waals surface area contributed by atoms with Gasteiger partial charge >= 0.3 is 0 Å². The Labute approximate surface area is 233 Å². The molecule has 0 aliphatic carbocycles. The lowest BCUT2D eigenvalue weighted by molar-refractivity contribution is -0.120. The summed E-state index contributed by atoms with van der Waals surface area (Å²) in [6, 6.07) is 17.5. The summed E-state index contributed by atoms with van der Waals surface area (Å²) in [5.74, 6) is -1.11. The summed E-state index contributed by atoms with van der Waals surface area (Å²) in [7, 11) is -7.48. The molecule has 3 aromatic rings. The third-order valence-corrected chi connectivity index (χ3v) is 10.2. The Morgan fingerprint density at radius 1 is 0.921 bits per heavy atom. The van der Waals surface area contributed by atoms with E-state index in [0.29, 0.717) is 41.3 Å². The molecule has 38 heavy (non-hydrogen) atoms. The van der Waals surface area contributed by atoms with Crippen LogP contribution >= 0.6 is 23.2 Å². The number of benzene rings is 3. The molecule has 1 aliphatic rings. The molecule has 0 saturated carbocycles. The third kappa shape index (κ3) is 7.06. The van der Waals surface area contributed by atoms with E-state index in [-0.39, 0.29) is 28.1 Å². The summed E-state index contributed by atoms with van der Waals surface area (Å²) in [4.78, 5) is 13.0. The maximum atomic E-state index is 13.0. The van der Waals surface area contributed by atoms with Crippen LogP contribution in [-0.2, 0) is 30.6 Å². The van der Waals surface area contributed by atoms with Crippen molar-refractivity contribution in [3.63, 3.8) is 0 Å². The van der Waals surface area contributed by atoms with Gasteiger partial charge in [-0.05, 0) is 73.9 Å². The summed E-state index contributed by atoms with van der Waals surface area (Å²) in [5, 5.41) is 3.39. The number of carbonyl (C=O) groups excluding carboxylic acids is 1. The van der Waals surface area contributed by atoms with Crippen LogP contribution in [0.15, 0.2) is 71.6 Å². The molecule has 0 spiro atoms. The fourth-order valence-electron chi connectivity index (χ4n) is 4.14. The molecule has 0 bridgehead atoms. The van der Waals surface area contributed by atoms with Gasteiger partial charge in [-0.25, -0.2) is 21.1 Å². The lowest BCUT2D eigenvalue weighted by Gasteiger charge is -2.31. The Hall–Kier alpha value is -2.63. The van der Waals surface area contributed by atoms with E-state index in [0.717, 1.165) is 5.56 Å². The van der Waals surface area contributed by atoms with Gasteiger partial charge in [-0.15, -0.1) is 0 Å². The minimum Gasteiger partial charge on any atom is -0.326 e. The first-order chi connectivity index (χ1) is 17.9. The average molecular weight is 597 g/mol. The first kappa shape index (κ1) is 28.4. The van der Waals surface area contributed by atoms with Crippen molar-refractivity contribution >= 4 is 60.5 Å². The summed E-state index contributed by atoms with van der Waals surface area (Å²) in [6.07, 6.45) is 1.08. The van der Waals surface area contributed by atoms with Crippen LogP contribution < -0.4 is 10.0 Å². The predicted octanol–water partition coefficient (Wildman–Crippen LogP) is 5.28. The Morgan fingerprint density at radius 3 is 2.24 bits per heavy atom. The zero-order valence-electron chi connectivity index (χ0n) is 20.5. The maximum Gasteiger partial charge on any atom is 0.261 e. The number of aryl methyl sites for hydroxylation is 1. The summed E-state index contributed by atoms with van der Waals surface area (Å²) >= 11 is 11.9. The van der Waals surface area contributed by atoms with Crippen molar-refractivity contribution in [2.45, 2.75) is 30.4 Å². The third-order valence-electron chi connectivity index (χ3n) is 6.22. The quantitative estimate of drug-likeness (QED) is 0.367. The van der Waals surface area contributed by atoms with Gasteiger partial charge in [-0.3, -0.25) is 9.52 Å². The molecule has 2 N–H and O–H groups in total. The van der Waals surface area contributed by atoms with Gasteiger partial charge in [0.2, 0.25) is 15.9 Å². The molecule has 1 atom stereocenters. The number of amides is 1. The number of halogens is 2. The van der Waals surface area contributed by atoms with Crippen molar-refractivity contribution in [3.05, 3.63) is 87.9 Å². The molecule has 0 aromatic heterocycles. The number of hydrogen-bond acceptors (Lipinski definition) is 5. The minimum absolute atomic E-state index is 0.0494. The van der Waals surface area contributed by atoms with Crippen LogP contribution in [0.25, 0.3) is 0 Å². The number of sulfonamides is 2. The molecule has 202 valence electrons. The van der Waals surface area contributed by atoms with Gasteiger partial charge in [0.1, 0.15) is 0 Å². The van der Waals surface area contributed by atoms with E-state index < -0.39 is 26.0 Å².